The largest absolute Gasteiger partial charge is 0.468 e. The Balaban J connectivity index is 2.32. The Kier molecular flexibility index (Phi) is 3.36. The number of nitrogens with zero attached hydrogens (tertiary/aromatic N) is 1. The van der Waals surface area contributed by atoms with Crippen molar-refractivity contribution in [2.24, 2.45) is 0 Å². The molecule has 0 aliphatic carbocycles. The van der Waals surface area contributed by atoms with Gasteiger partial charge in [0.2, 0.25) is 0 Å². The summed E-state index contributed by atoms with van der Waals surface area (Å²) in [7, 11) is 1.31. The summed E-state index contributed by atoms with van der Waals surface area (Å²) >= 11 is 0.901. The van der Waals surface area contributed by atoms with Crippen LogP contribution in [0.5, 0.6) is 0 Å². The predicted molar refractivity (Wildman–Crippen MR) is 42.5 cm³/mol. The van der Waals surface area contributed by atoms with Crippen molar-refractivity contribution in [3.8, 4) is 0 Å². The number of hydrogen-bond donors (Lipinski definition) is 0. The zero-order chi connectivity index (χ0) is 8.97. The van der Waals surface area contributed by atoms with E-state index in [1.807, 2.05) is 0 Å². The first kappa shape index (κ1) is 9.34. The summed E-state index contributed by atoms with van der Waals surface area (Å²) in [5.41, 5.74) is 0. The SMILES string of the molecule is COC(=O)CN1CCOC(=O)S1. The van der Waals surface area contributed by atoms with Crippen molar-refractivity contribution in [2.45, 2.75) is 0 Å². The highest BCUT2D eigenvalue weighted by molar-refractivity contribution is 8.11. The molecule has 1 saturated heterocycles. The number of ether oxygens (including phenoxy) is 2. The van der Waals surface area contributed by atoms with E-state index in [9.17, 15) is 9.59 Å². The first-order chi connectivity index (χ1) is 5.72. The minimum Gasteiger partial charge on any atom is -0.468 e. The molecule has 1 aliphatic heterocycles. The van der Waals surface area contributed by atoms with E-state index in [-0.39, 0.29) is 17.8 Å². The van der Waals surface area contributed by atoms with Gasteiger partial charge in [0.1, 0.15) is 13.2 Å². The molecule has 1 aliphatic rings. The van der Waals surface area contributed by atoms with Gasteiger partial charge in [0.15, 0.2) is 0 Å². The quantitative estimate of drug-likeness (QED) is 0.461. The van der Waals surface area contributed by atoms with Gasteiger partial charge in [-0.25, -0.2) is 9.10 Å². The van der Waals surface area contributed by atoms with E-state index in [2.05, 4.69) is 9.47 Å². The lowest BCUT2D eigenvalue weighted by atomic mass is 10.6. The van der Waals surface area contributed by atoms with Gasteiger partial charge in [-0.15, -0.1) is 0 Å². The maximum Gasteiger partial charge on any atom is 0.382 e. The Morgan fingerprint density at radius 2 is 2.58 bits per heavy atom. The number of carbonyl (C=O) groups is 2. The zero-order valence-electron chi connectivity index (χ0n) is 6.61. The van der Waals surface area contributed by atoms with Gasteiger partial charge in [0.05, 0.1) is 7.11 Å². The van der Waals surface area contributed by atoms with Crippen LogP contribution in [0.4, 0.5) is 4.79 Å². The van der Waals surface area contributed by atoms with Crippen LogP contribution in [0.15, 0.2) is 0 Å². The predicted octanol–water partition coefficient (Wildman–Crippen LogP) is 0.260. The second kappa shape index (κ2) is 4.32. The van der Waals surface area contributed by atoms with Crippen molar-refractivity contribution >= 4 is 23.2 Å². The molecule has 0 saturated carbocycles. The van der Waals surface area contributed by atoms with Crippen molar-refractivity contribution in [1.82, 2.24) is 4.31 Å². The van der Waals surface area contributed by atoms with Crippen LogP contribution < -0.4 is 0 Å². The van der Waals surface area contributed by atoms with Gasteiger partial charge in [-0.3, -0.25) is 4.79 Å². The van der Waals surface area contributed by atoms with Crippen LogP contribution in [0.25, 0.3) is 0 Å². The molecule has 0 amide bonds. The van der Waals surface area contributed by atoms with Gasteiger partial charge in [-0.2, -0.15) is 0 Å². The lowest BCUT2D eigenvalue weighted by Crippen LogP contribution is -2.33. The van der Waals surface area contributed by atoms with Crippen LogP contribution in [0, 0.1) is 0 Å². The van der Waals surface area contributed by atoms with Gasteiger partial charge in [-0.05, 0) is 0 Å². The molecule has 0 atom stereocenters. The highest BCUT2D eigenvalue weighted by Gasteiger charge is 2.21. The molecule has 0 radical (unpaired) electrons. The van der Waals surface area contributed by atoms with Crippen LogP contribution in [0.3, 0.4) is 0 Å². The van der Waals surface area contributed by atoms with E-state index in [1.54, 1.807) is 4.31 Å². The van der Waals surface area contributed by atoms with Gasteiger partial charge in [0.25, 0.3) is 0 Å². The Morgan fingerprint density at radius 1 is 1.83 bits per heavy atom. The topological polar surface area (TPSA) is 55.8 Å². The molecule has 0 aromatic carbocycles. The van der Waals surface area contributed by atoms with Gasteiger partial charge < -0.3 is 9.47 Å². The van der Waals surface area contributed by atoms with Gasteiger partial charge in [-0.1, -0.05) is 0 Å². The third-order valence-electron chi connectivity index (χ3n) is 1.30. The Bertz CT molecular complexity index is 196. The third kappa shape index (κ3) is 2.71. The van der Waals surface area contributed by atoms with E-state index < -0.39 is 0 Å². The first-order valence-corrected chi connectivity index (χ1v) is 4.16. The molecule has 0 aromatic rings. The maximum absolute atomic E-state index is 10.8. The fraction of sp³-hybridized carbons (Fsp3) is 0.667. The summed E-state index contributed by atoms with van der Waals surface area (Å²) in [6.45, 7) is 1.02. The average Bonchev–Trinajstić information content (AvgIpc) is 2.04. The van der Waals surface area contributed by atoms with E-state index >= 15 is 0 Å². The van der Waals surface area contributed by atoms with E-state index in [0.29, 0.717) is 13.2 Å². The monoisotopic (exact) mass is 191 g/mol. The molecule has 1 rings (SSSR count). The summed E-state index contributed by atoms with van der Waals surface area (Å²) in [5.74, 6) is -0.350. The second-order valence-corrected chi connectivity index (χ2v) is 3.16. The molecule has 0 bridgehead atoms. The molecule has 6 heteroatoms. The first-order valence-electron chi connectivity index (χ1n) is 3.39. The molecular formula is C6H9NO4S. The fourth-order valence-electron chi connectivity index (χ4n) is 0.728. The van der Waals surface area contributed by atoms with Gasteiger partial charge in [0, 0.05) is 18.5 Å². The minimum absolute atomic E-state index is 0.121. The highest BCUT2D eigenvalue weighted by Crippen LogP contribution is 2.16. The highest BCUT2D eigenvalue weighted by atomic mass is 32.2. The summed E-state index contributed by atoms with van der Waals surface area (Å²) in [6.07, 6.45) is 0. The summed E-state index contributed by atoms with van der Waals surface area (Å²) in [6, 6.07) is 0. The average molecular weight is 191 g/mol. The second-order valence-electron chi connectivity index (χ2n) is 2.13. The zero-order valence-corrected chi connectivity index (χ0v) is 7.43. The van der Waals surface area contributed by atoms with E-state index in [0.717, 1.165) is 11.9 Å². The Morgan fingerprint density at radius 3 is 3.17 bits per heavy atom. The third-order valence-corrected chi connectivity index (χ3v) is 2.13. The van der Waals surface area contributed by atoms with E-state index in [1.165, 1.54) is 7.11 Å². The molecule has 0 N–H and O–H groups in total. The van der Waals surface area contributed by atoms with E-state index in [4.69, 9.17) is 0 Å². The molecule has 0 aromatic heterocycles. The van der Waals surface area contributed by atoms with Crippen LogP contribution in [-0.2, 0) is 14.3 Å². The van der Waals surface area contributed by atoms with Crippen molar-refractivity contribution in [3.05, 3.63) is 0 Å². The number of carbonyl (C=O) groups excluding carboxylic acids is 2. The molecular weight excluding hydrogens is 182 g/mol. The molecule has 0 spiro atoms. The lowest BCUT2D eigenvalue weighted by Gasteiger charge is -2.22. The summed E-state index contributed by atoms with van der Waals surface area (Å²) in [5, 5.41) is -0.370. The van der Waals surface area contributed by atoms with Crippen LogP contribution in [0.1, 0.15) is 0 Å². The normalized spacial score (nSPS) is 18.6. The minimum atomic E-state index is -0.370. The fourth-order valence-corrected chi connectivity index (χ4v) is 1.41. The van der Waals surface area contributed by atoms with Crippen molar-refractivity contribution < 1.29 is 19.1 Å². The number of rotatable bonds is 2. The smallest absolute Gasteiger partial charge is 0.382 e. The standard InChI is InChI=1S/C6H9NO4S/c1-10-5(8)4-7-2-3-11-6(9)12-7/h2-4H2,1H3. The molecule has 1 heterocycles. The van der Waals surface area contributed by atoms with Crippen LogP contribution in [0.2, 0.25) is 0 Å². The number of cyclic esters (lactones) is 1. The summed E-state index contributed by atoms with van der Waals surface area (Å²) < 4.78 is 10.7. The van der Waals surface area contributed by atoms with Crippen LogP contribution >= 0.6 is 11.9 Å². The number of hydrogen-bond acceptors (Lipinski definition) is 6. The Labute approximate surface area is 74.1 Å². The number of methoxy groups -OCH3 is 1. The van der Waals surface area contributed by atoms with Crippen molar-refractivity contribution in [3.63, 3.8) is 0 Å². The molecule has 12 heavy (non-hydrogen) atoms. The summed E-state index contributed by atoms with van der Waals surface area (Å²) in [4.78, 5) is 21.4. The van der Waals surface area contributed by atoms with Crippen molar-refractivity contribution in [2.75, 3.05) is 26.8 Å². The molecule has 0 unspecified atom stereocenters. The molecule has 5 nitrogen and oxygen atoms in total. The van der Waals surface area contributed by atoms with Crippen LogP contribution in [-0.4, -0.2) is 42.4 Å². The van der Waals surface area contributed by atoms with Crippen molar-refractivity contribution in [1.29, 1.82) is 0 Å². The Hall–Kier alpha value is -0.750. The van der Waals surface area contributed by atoms with Gasteiger partial charge >= 0.3 is 11.3 Å². The maximum atomic E-state index is 10.8. The number of esters is 1. The molecule has 68 valence electrons. The lowest BCUT2D eigenvalue weighted by molar-refractivity contribution is -0.140. The molecule has 1 fully saturated rings.